The van der Waals surface area contributed by atoms with Gasteiger partial charge in [0.1, 0.15) is 0 Å². The van der Waals surface area contributed by atoms with Gasteiger partial charge in [0.15, 0.2) is 5.96 Å². The van der Waals surface area contributed by atoms with E-state index in [1.807, 2.05) is 6.92 Å². The zero-order valence-corrected chi connectivity index (χ0v) is 13.7. The number of hydrogen-bond acceptors (Lipinski definition) is 2. The Hall–Kier alpha value is -0.980. The average Bonchev–Trinajstić information content (AvgIpc) is 2.86. The van der Waals surface area contributed by atoms with Crippen molar-refractivity contribution in [1.29, 1.82) is 0 Å². The van der Waals surface area contributed by atoms with Crippen LogP contribution in [0.4, 0.5) is 13.2 Å². The van der Waals surface area contributed by atoms with Crippen LogP contribution in [0, 0.1) is 5.92 Å². The lowest BCUT2D eigenvalue weighted by Gasteiger charge is -2.17. The normalized spacial score (nSPS) is 20.4. The molecule has 1 rings (SSSR count). The van der Waals surface area contributed by atoms with E-state index in [0.29, 0.717) is 19.6 Å². The van der Waals surface area contributed by atoms with Crippen molar-refractivity contribution >= 4 is 5.96 Å². The highest BCUT2D eigenvalue weighted by molar-refractivity contribution is 5.79. The third-order valence-electron chi connectivity index (χ3n) is 3.70. The van der Waals surface area contributed by atoms with E-state index in [1.165, 1.54) is 17.7 Å². The van der Waals surface area contributed by atoms with Crippen LogP contribution in [-0.2, 0) is 0 Å². The molecule has 0 amide bonds. The van der Waals surface area contributed by atoms with E-state index in [9.17, 15) is 13.2 Å². The molecule has 22 heavy (non-hydrogen) atoms. The van der Waals surface area contributed by atoms with Crippen molar-refractivity contribution in [2.75, 3.05) is 39.3 Å². The van der Waals surface area contributed by atoms with E-state index in [0.717, 1.165) is 31.9 Å². The van der Waals surface area contributed by atoms with E-state index in [2.05, 4.69) is 22.5 Å². The number of likely N-dealkylation sites (tertiary alicyclic amines) is 1. The van der Waals surface area contributed by atoms with Crippen LogP contribution in [-0.4, -0.2) is 56.3 Å². The molecule has 1 unspecified atom stereocenters. The number of hydrogen-bond donors (Lipinski definition) is 2. The minimum atomic E-state index is -4.10. The van der Waals surface area contributed by atoms with E-state index in [1.54, 1.807) is 0 Å². The molecule has 0 saturated carbocycles. The lowest BCUT2D eigenvalue weighted by atomic mass is 10.1. The summed E-state index contributed by atoms with van der Waals surface area (Å²) in [4.78, 5) is 5.98. The molecule has 7 heteroatoms. The molecule has 1 aliphatic rings. The lowest BCUT2D eigenvalue weighted by Crippen LogP contribution is -2.38. The summed E-state index contributed by atoms with van der Waals surface area (Å²) in [6, 6.07) is 0. The highest BCUT2D eigenvalue weighted by Crippen LogP contribution is 2.22. The van der Waals surface area contributed by atoms with Gasteiger partial charge >= 0.3 is 6.18 Å². The molecule has 1 heterocycles. The number of aliphatic imine (C=N–C) groups is 1. The van der Waals surface area contributed by atoms with Crippen molar-refractivity contribution in [2.45, 2.75) is 45.7 Å². The number of rotatable bonds is 8. The topological polar surface area (TPSA) is 39.7 Å². The quantitative estimate of drug-likeness (QED) is 0.410. The standard InChI is InChI=1S/C15H29F3N4/c1-3-5-6-8-20-14(19-4-2)21-10-13-7-9-22(11-13)12-15(16,17)18/h13H,3-12H2,1-2H3,(H2,19,20,21). The number of alkyl halides is 3. The fourth-order valence-corrected chi connectivity index (χ4v) is 2.60. The molecule has 0 aromatic heterocycles. The second-order valence-electron chi connectivity index (χ2n) is 5.86. The SMILES string of the molecule is CCCCCNC(=NCC1CCN(CC(F)(F)F)C1)NCC. The predicted molar refractivity (Wildman–Crippen MR) is 84.1 cm³/mol. The van der Waals surface area contributed by atoms with Gasteiger partial charge in [0.05, 0.1) is 6.54 Å². The van der Waals surface area contributed by atoms with Crippen LogP contribution in [0.5, 0.6) is 0 Å². The molecule has 1 aliphatic heterocycles. The summed E-state index contributed by atoms with van der Waals surface area (Å²) < 4.78 is 37.1. The van der Waals surface area contributed by atoms with Crippen molar-refractivity contribution < 1.29 is 13.2 Å². The van der Waals surface area contributed by atoms with Gasteiger partial charge in [-0.2, -0.15) is 13.2 Å². The summed E-state index contributed by atoms with van der Waals surface area (Å²) >= 11 is 0. The Morgan fingerprint density at radius 1 is 1.23 bits per heavy atom. The van der Waals surface area contributed by atoms with Gasteiger partial charge in [0.2, 0.25) is 0 Å². The van der Waals surface area contributed by atoms with Crippen molar-refractivity contribution in [2.24, 2.45) is 10.9 Å². The van der Waals surface area contributed by atoms with Crippen LogP contribution >= 0.6 is 0 Å². The van der Waals surface area contributed by atoms with Crippen LogP contribution in [0.15, 0.2) is 4.99 Å². The van der Waals surface area contributed by atoms with Crippen LogP contribution in [0.2, 0.25) is 0 Å². The number of unbranched alkanes of at least 4 members (excludes halogenated alkanes) is 2. The van der Waals surface area contributed by atoms with E-state index in [4.69, 9.17) is 0 Å². The van der Waals surface area contributed by atoms with Gasteiger partial charge in [-0.05, 0) is 32.2 Å². The van der Waals surface area contributed by atoms with Gasteiger partial charge in [-0.3, -0.25) is 9.89 Å². The minimum absolute atomic E-state index is 0.216. The van der Waals surface area contributed by atoms with Gasteiger partial charge < -0.3 is 10.6 Å². The highest BCUT2D eigenvalue weighted by Gasteiger charge is 2.34. The first kappa shape index (κ1) is 19.1. The van der Waals surface area contributed by atoms with Crippen molar-refractivity contribution in [1.82, 2.24) is 15.5 Å². The Labute approximate surface area is 131 Å². The third-order valence-corrected chi connectivity index (χ3v) is 3.70. The summed E-state index contributed by atoms with van der Waals surface area (Å²) in [5.74, 6) is 0.987. The number of nitrogens with zero attached hydrogens (tertiary/aromatic N) is 2. The molecule has 0 aromatic rings. The van der Waals surface area contributed by atoms with Gasteiger partial charge in [-0.25, -0.2) is 0 Å². The summed E-state index contributed by atoms with van der Waals surface area (Å²) in [6.45, 7) is 6.60. The Morgan fingerprint density at radius 3 is 2.64 bits per heavy atom. The second-order valence-corrected chi connectivity index (χ2v) is 5.86. The summed E-state index contributed by atoms with van der Waals surface area (Å²) in [5, 5.41) is 6.45. The Balaban J connectivity index is 2.33. The maximum absolute atomic E-state index is 12.4. The van der Waals surface area contributed by atoms with Gasteiger partial charge in [-0.1, -0.05) is 19.8 Å². The van der Waals surface area contributed by atoms with E-state index < -0.39 is 12.7 Å². The molecule has 0 spiro atoms. The van der Waals surface area contributed by atoms with E-state index >= 15 is 0 Å². The summed E-state index contributed by atoms with van der Waals surface area (Å²) in [5.41, 5.74) is 0. The minimum Gasteiger partial charge on any atom is -0.357 e. The fraction of sp³-hybridized carbons (Fsp3) is 0.933. The zero-order chi connectivity index (χ0) is 16.4. The molecule has 0 radical (unpaired) electrons. The summed E-state index contributed by atoms with van der Waals surface area (Å²) in [6.07, 6.45) is 0.139. The Morgan fingerprint density at radius 2 is 2.00 bits per heavy atom. The van der Waals surface area contributed by atoms with Gasteiger partial charge in [0, 0.05) is 26.2 Å². The largest absolute Gasteiger partial charge is 0.401 e. The predicted octanol–water partition coefficient (Wildman–Crippen LogP) is 2.62. The van der Waals surface area contributed by atoms with E-state index in [-0.39, 0.29) is 5.92 Å². The van der Waals surface area contributed by atoms with Crippen molar-refractivity contribution in [3.63, 3.8) is 0 Å². The maximum atomic E-state index is 12.4. The van der Waals surface area contributed by atoms with Crippen LogP contribution in [0.25, 0.3) is 0 Å². The molecule has 2 N–H and O–H groups in total. The lowest BCUT2D eigenvalue weighted by molar-refractivity contribution is -0.143. The smallest absolute Gasteiger partial charge is 0.357 e. The molecule has 1 saturated heterocycles. The van der Waals surface area contributed by atoms with Crippen molar-refractivity contribution in [3.05, 3.63) is 0 Å². The number of guanidine groups is 1. The third kappa shape index (κ3) is 8.46. The molecule has 130 valence electrons. The second kappa shape index (κ2) is 9.92. The molecule has 0 aliphatic carbocycles. The monoisotopic (exact) mass is 322 g/mol. The highest BCUT2D eigenvalue weighted by atomic mass is 19.4. The van der Waals surface area contributed by atoms with Crippen LogP contribution < -0.4 is 10.6 Å². The molecule has 4 nitrogen and oxygen atoms in total. The van der Waals surface area contributed by atoms with Crippen LogP contribution in [0.3, 0.4) is 0 Å². The Kier molecular flexibility index (Phi) is 8.60. The van der Waals surface area contributed by atoms with Crippen LogP contribution in [0.1, 0.15) is 39.5 Å². The molecular weight excluding hydrogens is 293 g/mol. The molecular formula is C15H29F3N4. The molecule has 1 fully saturated rings. The zero-order valence-electron chi connectivity index (χ0n) is 13.7. The first-order valence-corrected chi connectivity index (χ1v) is 8.26. The fourth-order valence-electron chi connectivity index (χ4n) is 2.60. The van der Waals surface area contributed by atoms with Gasteiger partial charge in [-0.15, -0.1) is 0 Å². The molecule has 0 aromatic carbocycles. The first-order chi connectivity index (χ1) is 10.4. The number of halogens is 3. The summed E-state index contributed by atoms with van der Waals surface area (Å²) in [7, 11) is 0. The van der Waals surface area contributed by atoms with Gasteiger partial charge in [0.25, 0.3) is 0 Å². The first-order valence-electron chi connectivity index (χ1n) is 8.26. The number of nitrogens with one attached hydrogen (secondary N) is 2. The molecule has 1 atom stereocenters. The Bertz CT molecular complexity index is 331. The van der Waals surface area contributed by atoms with Crippen molar-refractivity contribution in [3.8, 4) is 0 Å². The maximum Gasteiger partial charge on any atom is 0.401 e. The average molecular weight is 322 g/mol. The molecule has 0 bridgehead atoms.